The van der Waals surface area contributed by atoms with Crippen molar-refractivity contribution in [1.29, 1.82) is 0 Å². The van der Waals surface area contributed by atoms with E-state index in [1.165, 1.54) is 0 Å². The van der Waals surface area contributed by atoms with Crippen LogP contribution < -0.4 is 5.32 Å². The molecule has 0 aliphatic carbocycles. The number of phenolic OH excluding ortho intramolecular Hbond substituents is 1. The van der Waals surface area contributed by atoms with Gasteiger partial charge >= 0.3 is 5.97 Å². The van der Waals surface area contributed by atoms with Gasteiger partial charge in [-0.15, -0.1) is 0 Å². The zero-order chi connectivity index (χ0) is 19.7. The van der Waals surface area contributed by atoms with Gasteiger partial charge in [0.2, 0.25) is 0 Å². The predicted molar refractivity (Wildman–Crippen MR) is 104 cm³/mol. The first kappa shape index (κ1) is 19.8. The third kappa shape index (κ3) is 4.34. The van der Waals surface area contributed by atoms with E-state index in [-0.39, 0.29) is 16.6 Å². The van der Waals surface area contributed by atoms with E-state index in [0.29, 0.717) is 11.3 Å². The average molecular weight is 356 g/mol. The number of phenols is 1. The average Bonchev–Trinajstić information content (AvgIpc) is 2.51. The number of aliphatic carboxylic acids is 1. The summed E-state index contributed by atoms with van der Waals surface area (Å²) >= 11 is 0. The lowest BCUT2D eigenvalue weighted by atomic mass is 9.77. The van der Waals surface area contributed by atoms with Crippen molar-refractivity contribution in [2.45, 2.75) is 58.4 Å². The Morgan fingerprint density at radius 3 is 2.00 bits per heavy atom. The molecule has 3 N–H and O–H groups in total. The highest BCUT2D eigenvalue weighted by atomic mass is 16.4. The van der Waals surface area contributed by atoms with Crippen molar-refractivity contribution in [3.05, 3.63) is 53.3 Å². The highest BCUT2D eigenvalue weighted by molar-refractivity contribution is 5.79. The fourth-order valence-electron chi connectivity index (χ4n) is 2.87. The molecule has 0 fully saturated rings. The number of hydrogen-bond acceptors (Lipinski definition) is 4. The lowest BCUT2D eigenvalue weighted by molar-refractivity contribution is -0.138. The molecular weight excluding hydrogens is 328 g/mol. The van der Waals surface area contributed by atoms with Crippen molar-refractivity contribution in [3.63, 3.8) is 0 Å². The highest BCUT2D eigenvalue weighted by Crippen LogP contribution is 2.41. The largest absolute Gasteiger partial charge is 0.507 e. The van der Waals surface area contributed by atoms with E-state index in [4.69, 9.17) is 0 Å². The van der Waals surface area contributed by atoms with E-state index < -0.39 is 12.0 Å². The van der Waals surface area contributed by atoms with Gasteiger partial charge in [0.1, 0.15) is 5.75 Å². The number of rotatable bonds is 4. The number of carbonyl (C=O) groups is 1. The first-order chi connectivity index (χ1) is 11.9. The van der Waals surface area contributed by atoms with Gasteiger partial charge in [-0.3, -0.25) is 4.98 Å². The fraction of sp³-hybridized carbons (Fsp3) is 0.429. The van der Waals surface area contributed by atoms with Crippen LogP contribution in [-0.4, -0.2) is 21.2 Å². The van der Waals surface area contributed by atoms with Crippen LogP contribution in [-0.2, 0) is 15.6 Å². The van der Waals surface area contributed by atoms with E-state index >= 15 is 0 Å². The summed E-state index contributed by atoms with van der Waals surface area (Å²) in [5.41, 5.74) is 2.06. The molecule has 1 unspecified atom stereocenters. The number of benzene rings is 1. The number of pyridine rings is 1. The summed E-state index contributed by atoms with van der Waals surface area (Å²) < 4.78 is 0. The quantitative estimate of drug-likeness (QED) is 0.744. The highest BCUT2D eigenvalue weighted by Gasteiger charge is 2.30. The summed E-state index contributed by atoms with van der Waals surface area (Å²) in [5.74, 6) is -0.751. The molecule has 2 rings (SSSR count). The molecule has 0 aliphatic heterocycles. The van der Waals surface area contributed by atoms with Crippen LogP contribution in [0, 0.1) is 0 Å². The zero-order valence-corrected chi connectivity index (χ0v) is 16.3. The van der Waals surface area contributed by atoms with Gasteiger partial charge in [-0.05, 0) is 51.8 Å². The molecule has 0 aliphatic rings. The van der Waals surface area contributed by atoms with Crippen molar-refractivity contribution >= 4 is 11.7 Å². The minimum Gasteiger partial charge on any atom is -0.507 e. The Labute approximate surface area is 155 Å². The van der Waals surface area contributed by atoms with Crippen LogP contribution in [0.3, 0.4) is 0 Å². The number of carboxylic acid groups (broad SMARTS) is 1. The molecule has 0 spiro atoms. The van der Waals surface area contributed by atoms with Crippen LogP contribution in [0.25, 0.3) is 0 Å². The first-order valence-corrected chi connectivity index (χ1v) is 8.68. The molecule has 26 heavy (non-hydrogen) atoms. The summed E-state index contributed by atoms with van der Waals surface area (Å²) in [5, 5.41) is 23.6. The number of nitrogens with one attached hydrogen (secondary N) is 1. The SMILES string of the molecule is CC(C)(C)c1cc(C(Nc2cccnc2)C(=O)O)cc(C(C)(C)C)c1O. The smallest absolute Gasteiger partial charge is 0.330 e. The Morgan fingerprint density at radius 2 is 1.62 bits per heavy atom. The van der Waals surface area contributed by atoms with Crippen molar-refractivity contribution in [1.82, 2.24) is 4.98 Å². The second-order valence-electron chi connectivity index (χ2n) is 8.62. The number of nitrogens with zero attached hydrogens (tertiary/aromatic N) is 1. The van der Waals surface area contributed by atoms with Crippen molar-refractivity contribution in [2.24, 2.45) is 0 Å². The van der Waals surface area contributed by atoms with Gasteiger partial charge in [-0.25, -0.2) is 4.79 Å². The Bertz CT molecular complexity index is 752. The number of aromatic nitrogens is 1. The van der Waals surface area contributed by atoms with Crippen LogP contribution in [0.4, 0.5) is 5.69 Å². The monoisotopic (exact) mass is 356 g/mol. The lowest BCUT2D eigenvalue weighted by Gasteiger charge is -2.29. The molecule has 0 bridgehead atoms. The number of hydrogen-bond donors (Lipinski definition) is 3. The fourth-order valence-corrected chi connectivity index (χ4v) is 2.87. The second kappa shape index (κ2) is 6.98. The second-order valence-corrected chi connectivity index (χ2v) is 8.62. The van der Waals surface area contributed by atoms with Gasteiger partial charge in [0, 0.05) is 12.4 Å². The Hall–Kier alpha value is -2.56. The molecule has 0 saturated carbocycles. The molecule has 5 heteroatoms. The standard InChI is InChI=1S/C21H28N2O3/c1-20(2,3)15-10-13(11-16(18(15)24)21(4,5)6)17(19(25)26)23-14-8-7-9-22-12-14/h7-12,17,23-24H,1-6H3,(H,25,26). The molecule has 1 atom stereocenters. The van der Waals surface area contributed by atoms with E-state index in [1.807, 2.05) is 41.5 Å². The van der Waals surface area contributed by atoms with Crippen LogP contribution in [0.15, 0.2) is 36.7 Å². The maximum Gasteiger partial charge on any atom is 0.330 e. The Balaban J connectivity index is 2.63. The molecule has 1 heterocycles. The maximum atomic E-state index is 12.0. The number of carboxylic acids is 1. The van der Waals surface area contributed by atoms with Gasteiger partial charge in [-0.1, -0.05) is 41.5 Å². The molecule has 0 radical (unpaired) electrons. The number of anilines is 1. The topological polar surface area (TPSA) is 82.5 Å². The minimum absolute atomic E-state index is 0.235. The molecule has 0 amide bonds. The normalized spacial score (nSPS) is 13.3. The van der Waals surface area contributed by atoms with E-state index in [9.17, 15) is 15.0 Å². The zero-order valence-electron chi connectivity index (χ0n) is 16.3. The Kier molecular flexibility index (Phi) is 5.31. The van der Waals surface area contributed by atoms with Gasteiger partial charge in [0.15, 0.2) is 6.04 Å². The summed E-state index contributed by atoms with van der Waals surface area (Å²) in [6.45, 7) is 12.0. The van der Waals surface area contributed by atoms with Crippen molar-refractivity contribution in [3.8, 4) is 5.75 Å². The minimum atomic E-state index is -0.987. The van der Waals surface area contributed by atoms with E-state index in [1.54, 1.807) is 36.7 Å². The Morgan fingerprint density at radius 1 is 1.08 bits per heavy atom. The van der Waals surface area contributed by atoms with Crippen LogP contribution in [0.2, 0.25) is 0 Å². The molecular formula is C21H28N2O3. The predicted octanol–water partition coefficient (Wildman–Crippen LogP) is 4.62. The van der Waals surface area contributed by atoms with Gasteiger partial charge < -0.3 is 15.5 Å². The molecule has 140 valence electrons. The summed E-state index contributed by atoms with van der Waals surface area (Å²) in [7, 11) is 0. The molecule has 2 aromatic rings. The third-order valence-electron chi connectivity index (χ3n) is 4.30. The first-order valence-electron chi connectivity index (χ1n) is 8.68. The molecule has 1 aromatic carbocycles. The van der Waals surface area contributed by atoms with Crippen molar-refractivity contribution in [2.75, 3.05) is 5.32 Å². The lowest BCUT2D eigenvalue weighted by Crippen LogP contribution is -2.24. The molecule has 5 nitrogen and oxygen atoms in total. The third-order valence-corrected chi connectivity index (χ3v) is 4.30. The summed E-state index contributed by atoms with van der Waals surface area (Å²) in [6.07, 6.45) is 3.22. The molecule has 1 aromatic heterocycles. The maximum absolute atomic E-state index is 12.0. The van der Waals surface area contributed by atoms with Crippen molar-refractivity contribution < 1.29 is 15.0 Å². The summed E-state index contributed by atoms with van der Waals surface area (Å²) in [4.78, 5) is 16.0. The van der Waals surface area contributed by atoms with Gasteiger partial charge in [0.25, 0.3) is 0 Å². The molecule has 0 saturated heterocycles. The van der Waals surface area contributed by atoms with Gasteiger partial charge in [-0.2, -0.15) is 0 Å². The number of aromatic hydroxyl groups is 1. The summed E-state index contributed by atoms with van der Waals surface area (Å²) in [6, 6.07) is 6.15. The van der Waals surface area contributed by atoms with Crippen LogP contribution >= 0.6 is 0 Å². The van der Waals surface area contributed by atoms with E-state index in [2.05, 4.69) is 10.3 Å². The van der Waals surface area contributed by atoms with E-state index in [0.717, 1.165) is 11.1 Å². The van der Waals surface area contributed by atoms with Gasteiger partial charge in [0.05, 0.1) is 5.69 Å². The van der Waals surface area contributed by atoms with Crippen LogP contribution in [0.5, 0.6) is 5.75 Å². The van der Waals surface area contributed by atoms with Crippen LogP contribution in [0.1, 0.15) is 64.3 Å².